The number of rotatable bonds is 4. The van der Waals surface area contributed by atoms with Crippen molar-refractivity contribution < 1.29 is 0 Å². The monoisotopic (exact) mass is 249 g/mol. The molecule has 0 saturated carbocycles. The summed E-state index contributed by atoms with van der Waals surface area (Å²) in [5.74, 6) is 2.13. The van der Waals surface area contributed by atoms with Crippen molar-refractivity contribution in [2.75, 3.05) is 12.8 Å². The van der Waals surface area contributed by atoms with Crippen molar-refractivity contribution in [3.8, 4) is 0 Å². The Morgan fingerprint density at radius 2 is 2.24 bits per heavy atom. The summed E-state index contributed by atoms with van der Waals surface area (Å²) < 4.78 is 2.18. The van der Waals surface area contributed by atoms with Crippen LogP contribution in [0.5, 0.6) is 0 Å². The molecule has 2 heterocycles. The molecule has 0 bridgehead atoms. The first-order valence-corrected chi connectivity index (χ1v) is 6.87. The average molecular weight is 249 g/mol. The minimum absolute atomic E-state index is 0.123. The Hall–Kier alpha value is -1.00. The molecule has 0 atom stereocenters. The van der Waals surface area contributed by atoms with Crippen molar-refractivity contribution in [2.45, 2.75) is 31.2 Å². The van der Waals surface area contributed by atoms with Gasteiger partial charge in [-0.05, 0) is 38.8 Å². The van der Waals surface area contributed by atoms with Crippen LogP contribution in [-0.2, 0) is 5.54 Å². The van der Waals surface area contributed by atoms with Gasteiger partial charge in [0.25, 0.3) is 0 Å². The number of fused-ring (bicyclic) bond motifs is 1. The summed E-state index contributed by atoms with van der Waals surface area (Å²) in [5.41, 5.74) is 1.07. The molecule has 0 aromatic carbocycles. The van der Waals surface area contributed by atoms with E-state index in [1.807, 2.05) is 25.0 Å². The van der Waals surface area contributed by atoms with E-state index in [1.165, 1.54) is 10.4 Å². The Morgan fingerprint density at radius 3 is 2.88 bits per heavy atom. The van der Waals surface area contributed by atoms with Crippen LogP contribution >= 0.6 is 11.8 Å². The third-order valence-electron chi connectivity index (χ3n) is 3.02. The summed E-state index contributed by atoms with van der Waals surface area (Å²) in [5, 5.41) is 3.30. The standard InChI is InChI=1S/C13H19N3S/c1-5-17-11-7-6-8-16-10(11)9-15-12(16)13(2,3)14-4/h6-9,14H,5H2,1-4H3. The molecule has 4 heteroatoms. The molecule has 0 spiro atoms. The second kappa shape index (κ2) is 4.70. The molecular formula is C13H19N3S. The van der Waals surface area contributed by atoms with E-state index in [1.54, 1.807) is 0 Å². The first-order valence-electron chi connectivity index (χ1n) is 5.88. The summed E-state index contributed by atoms with van der Waals surface area (Å²) in [6.07, 6.45) is 4.04. The summed E-state index contributed by atoms with van der Waals surface area (Å²) >= 11 is 1.86. The summed E-state index contributed by atoms with van der Waals surface area (Å²) in [6.45, 7) is 6.45. The zero-order chi connectivity index (χ0) is 12.5. The van der Waals surface area contributed by atoms with Gasteiger partial charge in [0.1, 0.15) is 5.82 Å². The first kappa shape index (κ1) is 12.5. The molecule has 2 aromatic rings. The van der Waals surface area contributed by atoms with E-state index in [9.17, 15) is 0 Å². The SMILES string of the molecule is CCSc1cccn2c(C(C)(C)NC)ncc12. The van der Waals surface area contributed by atoms with Crippen molar-refractivity contribution in [2.24, 2.45) is 0 Å². The molecule has 17 heavy (non-hydrogen) atoms. The highest BCUT2D eigenvalue weighted by Crippen LogP contribution is 2.27. The van der Waals surface area contributed by atoms with Gasteiger partial charge in [-0.25, -0.2) is 4.98 Å². The molecule has 3 nitrogen and oxygen atoms in total. The molecule has 0 fully saturated rings. The molecule has 0 aliphatic rings. The molecule has 0 aliphatic carbocycles. The average Bonchev–Trinajstić information content (AvgIpc) is 2.75. The van der Waals surface area contributed by atoms with E-state index < -0.39 is 0 Å². The van der Waals surface area contributed by atoms with E-state index in [0.29, 0.717) is 0 Å². The van der Waals surface area contributed by atoms with Gasteiger partial charge in [-0.15, -0.1) is 11.8 Å². The number of pyridine rings is 1. The zero-order valence-electron chi connectivity index (χ0n) is 10.8. The van der Waals surface area contributed by atoms with Crippen LogP contribution in [0.3, 0.4) is 0 Å². The lowest BCUT2D eigenvalue weighted by atomic mass is 10.1. The highest BCUT2D eigenvalue weighted by molar-refractivity contribution is 7.99. The molecule has 0 saturated heterocycles. The highest BCUT2D eigenvalue weighted by atomic mass is 32.2. The van der Waals surface area contributed by atoms with Crippen molar-refractivity contribution in [3.05, 3.63) is 30.4 Å². The van der Waals surface area contributed by atoms with Crippen LogP contribution in [-0.4, -0.2) is 22.2 Å². The Balaban J connectivity index is 2.58. The molecule has 0 aliphatic heterocycles. The molecule has 2 rings (SSSR count). The maximum Gasteiger partial charge on any atom is 0.133 e. The van der Waals surface area contributed by atoms with Crippen molar-refractivity contribution in [1.82, 2.24) is 14.7 Å². The van der Waals surface area contributed by atoms with Crippen molar-refractivity contribution >= 4 is 17.3 Å². The van der Waals surface area contributed by atoms with E-state index in [0.717, 1.165) is 11.6 Å². The summed E-state index contributed by atoms with van der Waals surface area (Å²) in [6, 6.07) is 4.24. The lowest BCUT2D eigenvalue weighted by Crippen LogP contribution is -2.35. The number of nitrogens with zero attached hydrogens (tertiary/aromatic N) is 2. The number of aromatic nitrogens is 2. The fourth-order valence-electron chi connectivity index (χ4n) is 1.85. The van der Waals surface area contributed by atoms with E-state index in [-0.39, 0.29) is 5.54 Å². The van der Waals surface area contributed by atoms with Crippen LogP contribution in [0.1, 0.15) is 26.6 Å². The molecule has 2 aromatic heterocycles. The van der Waals surface area contributed by atoms with Gasteiger partial charge < -0.3 is 9.72 Å². The third kappa shape index (κ3) is 2.19. The van der Waals surface area contributed by atoms with E-state index in [4.69, 9.17) is 0 Å². The quantitative estimate of drug-likeness (QED) is 0.845. The smallest absolute Gasteiger partial charge is 0.133 e. The van der Waals surface area contributed by atoms with Gasteiger partial charge in [-0.1, -0.05) is 6.92 Å². The van der Waals surface area contributed by atoms with Crippen LogP contribution in [0.2, 0.25) is 0 Å². The lowest BCUT2D eigenvalue weighted by molar-refractivity contribution is 0.415. The van der Waals surface area contributed by atoms with Gasteiger partial charge in [0.15, 0.2) is 0 Å². The Kier molecular flexibility index (Phi) is 3.45. The van der Waals surface area contributed by atoms with Gasteiger partial charge >= 0.3 is 0 Å². The maximum absolute atomic E-state index is 4.57. The van der Waals surface area contributed by atoms with Gasteiger partial charge in [-0.2, -0.15) is 0 Å². The molecule has 0 radical (unpaired) electrons. The summed E-state index contributed by atoms with van der Waals surface area (Å²) in [7, 11) is 1.96. The number of hydrogen-bond donors (Lipinski definition) is 1. The largest absolute Gasteiger partial charge is 0.308 e. The van der Waals surface area contributed by atoms with Crippen LogP contribution in [0.4, 0.5) is 0 Å². The second-order valence-electron chi connectivity index (χ2n) is 4.52. The van der Waals surface area contributed by atoms with Gasteiger partial charge in [0.2, 0.25) is 0 Å². The molecular weight excluding hydrogens is 230 g/mol. The van der Waals surface area contributed by atoms with Gasteiger partial charge in [0.05, 0.1) is 17.3 Å². The topological polar surface area (TPSA) is 29.3 Å². The number of hydrogen-bond acceptors (Lipinski definition) is 3. The second-order valence-corrected chi connectivity index (χ2v) is 5.82. The van der Waals surface area contributed by atoms with E-state index >= 15 is 0 Å². The fourth-order valence-corrected chi connectivity index (χ4v) is 2.63. The normalized spacial score (nSPS) is 12.2. The molecule has 92 valence electrons. The Bertz CT molecular complexity index is 516. The molecule has 0 unspecified atom stereocenters. The number of nitrogens with one attached hydrogen (secondary N) is 1. The minimum atomic E-state index is -0.123. The van der Waals surface area contributed by atoms with Gasteiger partial charge in [-0.3, -0.25) is 0 Å². The molecule has 0 amide bonds. The number of thioether (sulfide) groups is 1. The predicted octanol–water partition coefficient (Wildman–Crippen LogP) is 2.90. The number of imidazole rings is 1. The third-order valence-corrected chi connectivity index (χ3v) is 3.96. The van der Waals surface area contributed by atoms with Crippen molar-refractivity contribution in [3.63, 3.8) is 0 Å². The maximum atomic E-state index is 4.57. The van der Waals surface area contributed by atoms with Gasteiger partial charge in [0, 0.05) is 11.1 Å². The fraction of sp³-hybridized carbons (Fsp3) is 0.462. The van der Waals surface area contributed by atoms with Crippen LogP contribution in [0, 0.1) is 0 Å². The minimum Gasteiger partial charge on any atom is -0.308 e. The highest BCUT2D eigenvalue weighted by Gasteiger charge is 2.23. The predicted molar refractivity (Wildman–Crippen MR) is 73.7 cm³/mol. The van der Waals surface area contributed by atoms with Crippen LogP contribution < -0.4 is 5.32 Å². The van der Waals surface area contributed by atoms with E-state index in [2.05, 4.69) is 53.8 Å². The summed E-state index contributed by atoms with van der Waals surface area (Å²) in [4.78, 5) is 5.86. The Morgan fingerprint density at radius 1 is 1.47 bits per heavy atom. The van der Waals surface area contributed by atoms with Crippen molar-refractivity contribution in [1.29, 1.82) is 0 Å². The zero-order valence-corrected chi connectivity index (χ0v) is 11.6. The first-order chi connectivity index (χ1) is 8.10. The molecule has 1 N–H and O–H groups in total. The lowest BCUT2D eigenvalue weighted by Gasteiger charge is -2.22. The van der Waals surface area contributed by atoms with Crippen LogP contribution in [0.15, 0.2) is 29.4 Å². The Labute approximate surface area is 107 Å². The van der Waals surface area contributed by atoms with Crippen LogP contribution in [0.25, 0.3) is 5.52 Å².